The van der Waals surface area contributed by atoms with E-state index in [0.717, 1.165) is 80.4 Å². The van der Waals surface area contributed by atoms with Crippen LogP contribution in [0.4, 0.5) is 22.7 Å². The fraction of sp³-hybridized carbons (Fsp3) is 0.297. The molecule has 228 valence electrons. The first-order valence-corrected chi connectivity index (χ1v) is 15.7. The molecular weight excluding hydrogens is 556 g/mol. The number of anilines is 4. The summed E-state index contributed by atoms with van der Waals surface area (Å²) in [6, 6.07) is 24.2. The highest BCUT2D eigenvalue weighted by atomic mass is 15.2. The van der Waals surface area contributed by atoms with Gasteiger partial charge in [0, 0.05) is 52.1 Å². The Morgan fingerprint density at radius 2 is 1.53 bits per heavy atom. The van der Waals surface area contributed by atoms with Crippen LogP contribution >= 0.6 is 0 Å². The van der Waals surface area contributed by atoms with Gasteiger partial charge in [-0.05, 0) is 119 Å². The summed E-state index contributed by atoms with van der Waals surface area (Å²) in [5.74, 6) is 0.734. The zero-order chi connectivity index (χ0) is 31.3. The molecule has 2 aromatic carbocycles. The van der Waals surface area contributed by atoms with Gasteiger partial charge in [0.1, 0.15) is 5.69 Å². The highest BCUT2D eigenvalue weighted by Gasteiger charge is 2.38. The van der Waals surface area contributed by atoms with Crippen molar-refractivity contribution in [2.24, 2.45) is 0 Å². The second-order valence-corrected chi connectivity index (χ2v) is 13.1. The van der Waals surface area contributed by atoms with E-state index < -0.39 is 0 Å². The first kappa shape index (κ1) is 28.9. The Balaban J connectivity index is 1.14. The number of rotatable bonds is 6. The minimum absolute atomic E-state index is 0.117. The number of nitrogens with one attached hydrogen (secondary N) is 3. The highest BCUT2D eigenvalue weighted by molar-refractivity contribution is 5.94. The average molecular weight is 597 g/mol. The Bertz CT molecular complexity index is 2000. The van der Waals surface area contributed by atoms with E-state index in [2.05, 4.69) is 89.7 Å². The third-order valence-electron chi connectivity index (χ3n) is 9.47. The maximum atomic E-state index is 4.85. The standard InChI is InChI=1S/C37H40N8/c1-22-15-28(13-14-38-22)41-27-8-11-32-35(18-27)44-36(43-32)33-12-9-29(21-39-33)42-34-16-23(2)40-31-10-7-26(17-30(31)34)37(5)19-24(3)45(6)25(4)20-37/h7-18,21,24-25H,19-20H2,1-6H3,(H,38,41)(H,40,42)(H,43,44)/t24-,25+,37?. The van der Waals surface area contributed by atoms with Crippen molar-refractivity contribution in [2.75, 3.05) is 17.7 Å². The Kier molecular flexibility index (Phi) is 7.25. The topological polar surface area (TPSA) is 94.6 Å². The molecule has 0 spiro atoms. The molecule has 3 atom stereocenters. The number of fused-ring (bicyclic) bond motifs is 2. The molecule has 8 heteroatoms. The molecule has 6 aromatic rings. The van der Waals surface area contributed by atoms with Crippen molar-refractivity contribution in [2.45, 2.75) is 65.0 Å². The molecule has 4 aromatic heterocycles. The van der Waals surface area contributed by atoms with Crippen molar-refractivity contribution < 1.29 is 0 Å². The van der Waals surface area contributed by atoms with Crippen LogP contribution in [0.3, 0.4) is 0 Å². The number of aromatic nitrogens is 5. The van der Waals surface area contributed by atoms with Gasteiger partial charge in [0.2, 0.25) is 0 Å². The Morgan fingerprint density at radius 3 is 2.29 bits per heavy atom. The molecule has 3 N–H and O–H groups in total. The van der Waals surface area contributed by atoms with E-state index in [1.165, 1.54) is 5.56 Å². The monoisotopic (exact) mass is 596 g/mol. The first-order chi connectivity index (χ1) is 21.6. The van der Waals surface area contributed by atoms with Gasteiger partial charge < -0.3 is 20.5 Å². The molecule has 8 nitrogen and oxygen atoms in total. The summed E-state index contributed by atoms with van der Waals surface area (Å²) in [6.07, 6.45) is 5.95. The van der Waals surface area contributed by atoms with Crippen molar-refractivity contribution in [1.29, 1.82) is 0 Å². The predicted octanol–water partition coefficient (Wildman–Crippen LogP) is 8.43. The summed E-state index contributed by atoms with van der Waals surface area (Å²) in [5.41, 5.74) is 11.0. The smallest absolute Gasteiger partial charge is 0.157 e. The molecule has 0 saturated carbocycles. The van der Waals surface area contributed by atoms with Crippen LogP contribution in [0.2, 0.25) is 0 Å². The minimum atomic E-state index is 0.117. The van der Waals surface area contributed by atoms with Gasteiger partial charge in [-0.3, -0.25) is 15.0 Å². The van der Waals surface area contributed by atoms with Crippen LogP contribution in [0.1, 0.15) is 50.6 Å². The third-order valence-corrected chi connectivity index (χ3v) is 9.47. The molecule has 1 saturated heterocycles. The minimum Gasteiger partial charge on any atom is -0.355 e. The molecule has 5 heterocycles. The SMILES string of the molecule is Cc1cc(Nc2ccc3nc(-c4ccc(Nc5cc(C)nc6ccc(C7(C)C[C@@H](C)N(C)[C@@H](C)C7)cc56)cn4)[nH]c3c2)ccn1. The van der Waals surface area contributed by atoms with E-state index >= 15 is 0 Å². The maximum absolute atomic E-state index is 4.85. The van der Waals surface area contributed by atoms with E-state index in [1.54, 1.807) is 0 Å². The fourth-order valence-corrected chi connectivity index (χ4v) is 6.94. The molecular formula is C37H40N8. The van der Waals surface area contributed by atoms with Gasteiger partial charge >= 0.3 is 0 Å². The summed E-state index contributed by atoms with van der Waals surface area (Å²) in [7, 11) is 2.25. The van der Waals surface area contributed by atoms with Crippen molar-refractivity contribution in [3.8, 4) is 11.5 Å². The van der Waals surface area contributed by atoms with Crippen LogP contribution in [0.25, 0.3) is 33.5 Å². The van der Waals surface area contributed by atoms with E-state index in [0.29, 0.717) is 12.1 Å². The lowest BCUT2D eigenvalue weighted by atomic mass is 9.70. The summed E-state index contributed by atoms with van der Waals surface area (Å²) in [6.45, 7) is 11.1. The molecule has 1 aliphatic heterocycles. The van der Waals surface area contributed by atoms with Crippen LogP contribution < -0.4 is 10.6 Å². The number of piperidine rings is 1. The molecule has 1 fully saturated rings. The van der Waals surface area contributed by atoms with Gasteiger partial charge in [0.15, 0.2) is 5.82 Å². The summed E-state index contributed by atoms with van der Waals surface area (Å²) in [5, 5.41) is 8.22. The Hall–Kier alpha value is -4.82. The normalized spacial score (nSPS) is 20.5. The number of benzene rings is 2. The second-order valence-electron chi connectivity index (χ2n) is 13.1. The molecule has 0 bridgehead atoms. The van der Waals surface area contributed by atoms with Gasteiger partial charge in [-0.2, -0.15) is 0 Å². The zero-order valence-electron chi connectivity index (χ0n) is 26.8. The molecule has 0 radical (unpaired) electrons. The number of hydrogen-bond donors (Lipinski definition) is 3. The quantitative estimate of drug-likeness (QED) is 0.178. The number of hydrogen-bond acceptors (Lipinski definition) is 7. The predicted molar refractivity (Wildman–Crippen MR) is 185 cm³/mol. The zero-order valence-corrected chi connectivity index (χ0v) is 26.8. The van der Waals surface area contributed by atoms with Gasteiger partial charge in [0.05, 0.1) is 28.4 Å². The molecule has 1 unspecified atom stereocenters. The highest BCUT2D eigenvalue weighted by Crippen LogP contribution is 2.42. The number of pyridine rings is 3. The van der Waals surface area contributed by atoms with Crippen molar-refractivity contribution >= 4 is 44.7 Å². The Labute approximate surface area is 264 Å². The van der Waals surface area contributed by atoms with Gasteiger partial charge in [-0.1, -0.05) is 13.0 Å². The molecule has 45 heavy (non-hydrogen) atoms. The lowest BCUT2D eigenvalue weighted by Crippen LogP contribution is -2.49. The second kappa shape index (κ2) is 11.3. The summed E-state index contributed by atoms with van der Waals surface area (Å²) < 4.78 is 0. The number of aromatic amines is 1. The van der Waals surface area contributed by atoms with E-state index in [9.17, 15) is 0 Å². The lowest BCUT2D eigenvalue weighted by Gasteiger charge is -2.46. The number of imidazole rings is 1. The summed E-state index contributed by atoms with van der Waals surface area (Å²) in [4.78, 5) is 24.6. The molecule has 7 rings (SSSR count). The van der Waals surface area contributed by atoms with Crippen molar-refractivity contribution in [3.63, 3.8) is 0 Å². The van der Waals surface area contributed by atoms with Crippen LogP contribution in [0.5, 0.6) is 0 Å². The molecule has 0 aliphatic carbocycles. The number of likely N-dealkylation sites (tertiary alicyclic amines) is 1. The van der Waals surface area contributed by atoms with E-state index in [-0.39, 0.29) is 5.41 Å². The molecule has 0 amide bonds. The van der Waals surface area contributed by atoms with E-state index in [4.69, 9.17) is 15.0 Å². The van der Waals surface area contributed by atoms with Crippen LogP contribution in [-0.2, 0) is 5.41 Å². The number of H-pyrrole nitrogens is 1. The van der Waals surface area contributed by atoms with Gasteiger partial charge in [-0.25, -0.2) is 4.98 Å². The fourth-order valence-electron chi connectivity index (χ4n) is 6.94. The first-order valence-electron chi connectivity index (χ1n) is 15.7. The van der Waals surface area contributed by atoms with Crippen LogP contribution in [0, 0.1) is 13.8 Å². The van der Waals surface area contributed by atoms with Crippen molar-refractivity contribution in [1.82, 2.24) is 29.8 Å². The molecule has 1 aliphatic rings. The van der Waals surface area contributed by atoms with E-state index in [1.807, 2.05) is 56.6 Å². The number of nitrogens with zero attached hydrogens (tertiary/aromatic N) is 5. The Morgan fingerprint density at radius 1 is 0.778 bits per heavy atom. The summed E-state index contributed by atoms with van der Waals surface area (Å²) >= 11 is 0. The number of aryl methyl sites for hydroxylation is 2. The van der Waals surface area contributed by atoms with Gasteiger partial charge in [-0.15, -0.1) is 0 Å². The lowest BCUT2D eigenvalue weighted by molar-refractivity contribution is 0.0851. The average Bonchev–Trinajstić information content (AvgIpc) is 3.43. The van der Waals surface area contributed by atoms with Crippen molar-refractivity contribution in [3.05, 3.63) is 96.1 Å². The van der Waals surface area contributed by atoms with Gasteiger partial charge in [0.25, 0.3) is 0 Å². The van der Waals surface area contributed by atoms with Crippen LogP contribution in [0.15, 0.2) is 79.1 Å². The van der Waals surface area contributed by atoms with Crippen LogP contribution in [-0.4, -0.2) is 49.0 Å². The maximum Gasteiger partial charge on any atom is 0.157 e. The third kappa shape index (κ3) is 5.73. The largest absolute Gasteiger partial charge is 0.355 e.